The Kier molecular flexibility index (Phi) is 3.94. The number of nitrogens with one attached hydrogen (secondary N) is 1. The summed E-state index contributed by atoms with van der Waals surface area (Å²) in [6, 6.07) is 0. The molecule has 0 spiro atoms. The summed E-state index contributed by atoms with van der Waals surface area (Å²) < 4.78 is 0. The van der Waals surface area contributed by atoms with Gasteiger partial charge in [0.05, 0.1) is 5.70 Å². The van der Waals surface area contributed by atoms with E-state index in [-0.39, 0.29) is 0 Å². The van der Waals surface area contributed by atoms with Crippen molar-refractivity contribution in [3.05, 3.63) is 11.8 Å². The first-order valence-corrected chi connectivity index (χ1v) is 2.63. The molecular formula is C6H10NO. The lowest BCUT2D eigenvalue weighted by molar-refractivity contribution is 0.558. The smallest absolute Gasteiger partial charge is 0.250 e. The predicted octanol–water partition coefficient (Wildman–Crippen LogP) is 0.609. The number of hydrogen-bond acceptors (Lipinski definition) is 2. The zero-order valence-electron chi connectivity index (χ0n) is 5.19. The van der Waals surface area contributed by atoms with Crippen LogP contribution in [0.4, 0.5) is 0 Å². The Labute approximate surface area is 49.6 Å². The van der Waals surface area contributed by atoms with E-state index in [2.05, 4.69) is 5.32 Å². The maximum Gasteiger partial charge on any atom is 0.250 e. The quantitative estimate of drug-likeness (QED) is 0.542. The van der Waals surface area contributed by atoms with Crippen LogP contribution in [-0.2, 0) is 4.79 Å². The fraction of sp³-hybridized carbons (Fsp3) is 0.500. The van der Waals surface area contributed by atoms with Crippen LogP contribution < -0.4 is 5.32 Å². The van der Waals surface area contributed by atoms with Gasteiger partial charge < -0.3 is 5.32 Å². The van der Waals surface area contributed by atoms with E-state index in [0.717, 1.165) is 6.54 Å². The van der Waals surface area contributed by atoms with Crippen molar-refractivity contribution in [2.75, 3.05) is 6.54 Å². The minimum Gasteiger partial charge on any atom is -0.382 e. The van der Waals surface area contributed by atoms with Crippen molar-refractivity contribution in [1.82, 2.24) is 5.32 Å². The lowest BCUT2D eigenvalue weighted by Gasteiger charge is -1.95. The Morgan fingerprint density at radius 2 is 2.50 bits per heavy atom. The first kappa shape index (κ1) is 7.21. The van der Waals surface area contributed by atoms with Crippen molar-refractivity contribution in [1.29, 1.82) is 0 Å². The van der Waals surface area contributed by atoms with Crippen molar-refractivity contribution in [3.63, 3.8) is 0 Å². The highest BCUT2D eigenvalue weighted by molar-refractivity contribution is 5.72. The summed E-state index contributed by atoms with van der Waals surface area (Å²) in [5.41, 5.74) is 0.535. The van der Waals surface area contributed by atoms with Gasteiger partial charge in [-0.15, -0.1) is 0 Å². The third-order valence-corrected chi connectivity index (χ3v) is 0.766. The summed E-state index contributed by atoms with van der Waals surface area (Å²) >= 11 is 0. The van der Waals surface area contributed by atoms with Gasteiger partial charge >= 0.3 is 0 Å². The fourth-order valence-corrected chi connectivity index (χ4v) is 0.388. The van der Waals surface area contributed by atoms with Crippen LogP contribution in [-0.4, -0.2) is 12.8 Å². The third kappa shape index (κ3) is 2.39. The zero-order valence-corrected chi connectivity index (χ0v) is 5.19. The molecule has 0 saturated heterocycles. The lowest BCUT2D eigenvalue weighted by Crippen LogP contribution is -2.12. The van der Waals surface area contributed by atoms with E-state index < -0.39 is 0 Å². The molecule has 0 rings (SSSR count). The van der Waals surface area contributed by atoms with E-state index in [1.165, 1.54) is 0 Å². The molecule has 2 heteroatoms. The summed E-state index contributed by atoms with van der Waals surface area (Å²) in [4.78, 5) is 9.87. The van der Waals surface area contributed by atoms with Gasteiger partial charge in [-0.05, 0) is 13.8 Å². The average Bonchev–Trinajstić information content (AvgIpc) is 1.83. The van der Waals surface area contributed by atoms with Crippen LogP contribution in [0.5, 0.6) is 0 Å². The summed E-state index contributed by atoms with van der Waals surface area (Å²) in [6.45, 7) is 4.50. The molecule has 8 heavy (non-hydrogen) atoms. The molecule has 0 bridgehead atoms. The normalized spacial score (nSPS) is 11.0. The molecule has 0 aliphatic rings. The number of hydrogen-bond donors (Lipinski definition) is 1. The van der Waals surface area contributed by atoms with Crippen LogP contribution in [0.2, 0.25) is 0 Å². The molecule has 45 valence electrons. The van der Waals surface area contributed by atoms with Crippen LogP contribution >= 0.6 is 0 Å². The molecule has 0 aliphatic carbocycles. The highest BCUT2D eigenvalue weighted by Crippen LogP contribution is 1.78. The van der Waals surface area contributed by atoms with Gasteiger partial charge in [-0.3, -0.25) is 4.79 Å². The summed E-state index contributed by atoms with van der Waals surface area (Å²) in [5.74, 6) is 0. The molecule has 0 aliphatic heterocycles. The Hall–Kier alpha value is -0.790. The molecule has 0 aromatic heterocycles. The Morgan fingerprint density at radius 1 is 1.88 bits per heavy atom. The maximum absolute atomic E-state index is 9.87. The van der Waals surface area contributed by atoms with E-state index >= 15 is 0 Å². The van der Waals surface area contributed by atoms with Gasteiger partial charge in [0.15, 0.2) is 0 Å². The average molecular weight is 112 g/mol. The second-order valence-corrected chi connectivity index (χ2v) is 1.33. The predicted molar refractivity (Wildman–Crippen MR) is 33.1 cm³/mol. The van der Waals surface area contributed by atoms with Crippen molar-refractivity contribution < 1.29 is 4.79 Å². The molecular weight excluding hydrogens is 102 g/mol. The highest BCUT2D eigenvalue weighted by Gasteiger charge is 1.86. The van der Waals surface area contributed by atoms with Crippen LogP contribution in [0, 0.1) is 0 Å². The number of allylic oxidation sites excluding steroid dienone is 2. The van der Waals surface area contributed by atoms with Gasteiger partial charge in [0, 0.05) is 6.54 Å². The summed E-state index contributed by atoms with van der Waals surface area (Å²) in [5, 5.41) is 2.82. The van der Waals surface area contributed by atoms with Gasteiger partial charge in [-0.1, -0.05) is 6.08 Å². The van der Waals surface area contributed by atoms with E-state index in [1.54, 1.807) is 19.3 Å². The van der Waals surface area contributed by atoms with Crippen molar-refractivity contribution in [3.8, 4) is 0 Å². The molecule has 0 aromatic rings. The van der Waals surface area contributed by atoms with Gasteiger partial charge in [0.1, 0.15) is 0 Å². The number of carbonyl (C=O) groups excluding carboxylic acids is 1. The zero-order chi connectivity index (χ0) is 6.41. The monoisotopic (exact) mass is 112 g/mol. The first-order chi connectivity index (χ1) is 3.85. The van der Waals surface area contributed by atoms with Crippen LogP contribution in [0.15, 0.2) is 11.8 Å². The number of rotatable bonds is 3. The Bertz CT molecular complexity index is 96.7. The van der Waals surface area contributed by atoms with Gasteiger partial charge in [-0.25, -0.2) is 0 Å². The summed E-state index contributed by atoms with van der Waals surface area (Å²) in [7, 11) is 0. The van der Waals surface area contributed by atoms with E-state index in [9.17, 15) is 4.79 Å². The first-order valence-electron chi connectivity index (χ1n) is 2.63. The topological polar surface area (TPSA) is 29.1 Å². The Balaban J connectivity index is 3.54. The van der Waals surface area contributed by atoms with Crippen LogP contribution in [0.1, 0.15) is 13.8 Å². The van der Waals surface area contributed by atoms with Crippen molar-refractivity contribution in [2.45, 2.75) is 13.8 Å². The molecule has 0 fully saturated rings. The SMILES string of the molecule is C/C=C(\[C]=O)NCC. The minimum absolute atomic E-state index is 0.535. The van der Waals surface area contributed by atoms with E-state index in [1.807, 2.05) is 6.92 Å². The highest BCUT2D eigenvalue weighted by atomic mass is 16.1. The van der Waals surface area contributed by atoms with Crippen LogP contribution in [0.3, 0.4) is 0 Å². The summed E-state index contributed by atoms with van der Waals surface area (Å²) in [6.07, 6.45) is 3.44. The molecule has 1 N–H and O–H groups in total. The van der Waals surface area contributed by atoms with Crippen LogP contribution in [0.25, 0.3) is 0 Å². The van der Waals surface area contributed by atoms with Crippen molar-refractivity contribution in [2.24, 2.45) is 0 Å². The second kappa shape index (κ2) is 4.37. The number of likely N-dealkylation sites (N-methyl/N-ethyl adjacent to an activating group) is 1. The maximum atomic E-state index is 9.87. The van der Waals surface area contributed by atoms with E-state index in [0.29, 0.717) is 5.70 Å². The van der Waals surface area contributed by atoms with Gasteiger partial charge in [0.25, 0.3) is 0 Å². The molecule has 0 saturated carbocycles. The fourth-order valence-electron chi connectivity index (χ4n) is 0.388. The largest absolute Gasteiger partial charge is 0.382 e. The molecule has 2 nitrogen and oxygen atoms in total. The third-order valence-electron chi connectivity index (χ3n) is 0.766. The standard InChI is InChI=1S/C6H10NO/c1-3-6(5-8)7-4-2/h3,7H,4H2,1-2H3/b6-3+. The van der Waals surface area contributed by atoms with Crippen molar-refractivity contribution >= 4 is 6.29 Å². The molecule has 1 radical (unpaired) electrons. The molecule has 0 heterocycles. The second-order valence-electron chi connectivity index (χ2n) is 1.33. The molecule has 0 atom stereocenters. The Morgan fingerprint density at radius 3 is 2.62 bits per heavy atom. The van der Waals surface area contributed by atoms with Gasteiger partial charge in [0.2, 0.25) is 6.29 Å². The molecule has 0 amide bonds. The molecule has 0 unspecified atom stereocenters. The lowest BCUT2D eigenvalue weighted by atomic mass is 10.4. The minimum atomic E-state index is 0.535. The molecule has 0 aromatic carbocycles. The van der Waals surface area contributed by atoms with Gasteiger partial charge in [-0.2, -0.15) is 0 Å². The van der Waals surface area contributed by atoms with E-state index in [4.69, 9.17) is 0 Å².